The summed E-state index contributed by atoms with van der Waals surface area (Å²) in [5.74, 6) is -0.484. The molecule has 1 aromatic rings. The molecule has 0 aliphatic heterocycles. The molecule has 0 saturated carbocycles. The third-order valence-electron chi connectivity index (χ3n) is 4.08. The van der Waals surface area contributed by atoms with E-state index in [9.17, 15) is 14.4 Å². The Hall–Kier alpha value is -2.41. The molecule has 1 rings (SSSR count). The van der Waals surface area contributed by atoms with Crippen LogP contribution in [0.5, 0.6) is 0 Å². The Kier molecular flexibility index (Phi) is 10.8. The fourth-order valence-corrected chi connectivity index (χ4v) is 2.57. The second-order valence-electron chi connectivity index (χ2n) is 6.65. The number of hydrogen-bond acceptors (Lipinski definition) is 5. The Morgan fingerprint density at radius 1 is 1.04 bits per heavy atom. The van der Waals surface area contributed by atoms with Crippen molar-refractivity contribution in [2.45, 2.75) is 45.3 Å². The summed E-state index contributed by atoms with van der Waals surface area (Å²) in [7, 11) is 3.71. The first-order chi connectivity index (χ1) is 12.9. The molecule has 150 valence electrons. The number of unbranched alkanes of at least 4 members (excludes halogenated alkanes) is 1. The van der Waals surface area contributed by atoms with Crippen LogP contribution in [0.4, 0.5) is 0 Å². The molecule has 0 aliphatic rings. The van der Waals surface area contributed by atoms with Crippen molar-refractivity contribution in [2.24, 2.45) is 0 Å². The van der Waals surface area contributed by atoms with Crippen LogP contribution in [0.15, 0.2) is 30.3 Å². The highest BCUT2D eigenvalue weighted by Gasteiger charge is 2.20. The zero-order valence-corrected chi connectivity index (χ0v) is 16.5. The van der Waals surface area contributed by atoms with Crippen LogP contribution in [0.3, 0.4) is 0 Å². The number of ether oxygens (including phenoxy) is 1. The molecule has 1 unspecified atom stereocenters. The van der Waals surface area contributed by atoms with Crippen molar-refractivity contribution in [3.8, 4) is 0 Å². The number of carbonyl (C=O) groups excluding carboxylic acids is 3. The third kappa shape index (κ3) is 10.4. The molecule has 7 heteroatoms. The molecule has 0 bridgehead atoms. The number of esters is 1. The summed E-state index contributed by atoms with van der Waals surface area (Å²) in [6, 6.07) is 9.21. The van der Waals surface area contributed by atoms with Crippen LogP contribution in [0.25, 0.3) is 0 Å². The largest absolute Gasteiger partial charge is 0.461 e. The molecular formula is C20H31N3O4. The van der Waals surface area contributed by atoms with Crippen molar-refractivity contribution >= 4 is 17.8 Å². The molecule has 0 aromatic heterocycles. The summed E-state index contributed by atoms with van der Waals surface area (Å²) in [6.07, 6.45) is 2.48. The highest BCUT2D eigenvalue weighted by Crippen LogP contribution is 2.06. The van der Waals surface area contributed by atoms with Crippen LogP contribution in [0, 0.1) is 0 Å². The van der Waals surface area contributed by atoms with Gasteiger partial charge < -0.3 is 15.4 Å². The quantitative estimate of drug-likeness (QED) is 0.326. The van der Waals surface area contributed by atoms with E-state index in [1.807, 2.05) is 49.3 Å². The predicted molar refractivity (Wildman–Crippen MR) is 104 cm³/mol. The minimum absolute atomic E-state index is 0.0453. The van der Waals surface area contributed by atoms with E-state index in [2.05, 4.69) is 10.6 Å². The van der Waals surface area contributed by atoms with Gasteiger partial charge in [-0.3, -0.25) is 19.3 Å². The third-order valence-corrected chi connectivity index (χ3v) is 4.08. The Bertz CT molecular complexity index is 590. The molecule has 0 fully saturated rings. The van der Waals surface area contributed by atoms with Crippen LogP contribution in [-0.2, 0) is 25.7 Å². The lowest BCUT2D eigenvalue weighted by atomic mass is 10.1. The number of carbonyl (C=O) groups is 3. The lowest BCUT2D eigenvalue weighted by Crippen LogP contribution is -2.44. The van der Waals surface area contributed by atoms with Crippen LogP contribution >= 0.6 is 0 Å². The van der Waals surface area contributed by atoms with Gasteiger partial charge in [0.1, 0.15) is 6.61 Å². The molecule has 0 radical (unpaired) electrons. The van der Waals surface area contributed by atoms with E-state index >= 15 is 0 Å². The van der Waals surface area contributed by atoms with E-state index in [0.29, 0.717) is 13.0 Å². The van der Waals surface area contributed by atoms with Gasteiger partial charge in [0.05, 0.1) is 12.5 Å². The van der Waals surface area contributed by atoms with E-state index < -0.39 is 0 Å². The van der Waals surface area contributed by atoms with Crippen molar-refractivity contribution in [3.63, 3.8) is 0 Å². The van der Waals surface area contributed by atoms with Crippen LogP contribution in [0.2, 0.25) is 0 Å². The molecule has 2 N–H and O–H groups in total. The number of hydrogen-bond donors (Lipinski definition) is 2. The van der Waals surface area contributed by atoms with E-state index in [1.54, 1.807) is 0 Å². The number of likely N-dealkylation sites (N-methyl/N-ethyl adjacent to an activating group) is 1. The summed E-state index contributed by atoms with van der Waals surface area (Å²) in [5, 5.41) is 5.54. The normalized spacial score (nSPS) is 11.7. The number of benzene rings is 1. The first kappa shape index (κ1) is 22.6. The zero-order chi connectivity index (χ0) is 20.1. The van der Waals surface area contributed by atoms with Gasteiger partial charge in [-0.25, -0.2) is 0 Å². The summed E-state index contributed by atoms with van der Waals surface area (Å²) in [6.45, 7) is 2.59. The number of nitrogens with zero attached hydrogens (tertiary/aromatic N) is 1. The Morgan fingerprint density at radius 2 is 1.74 bits per heavy atom. The summed E-state index contributed by atoms with van der Waals surface area (Å²) in [5.41, 5.74) is 0.932. The molecule has 0 heterocycles. The lowest BCUT2D eigenvalue weighted by Gasteiger charge is -2.23. The first-order valence-corrected chi connectivity index (χ1v) is 9.28. The molecular weight excluding hydrogens is 348 g/mol. The maximum Gasteiger partial charge on any atom is 0.307 e. The van der Waals surface area contributed by atoms with Crippen LogP contribution in [0.1, 0.15) is 38.2 Å². The Balaban J connectivity index is 2.24. The molecule has 0 aliphatic carbocycles. The fraction of sp³-hybridized carbons (Fsp3) is 0.550. The molecule has 1 aromatic carbocycles. The molecule has 1 atom stereocenters. The fourth-order valence-electron chi connectivity index (χ4n) is 2.57. The van der Waals surface area contributed by atoms with Gasteiger partial charge in [0.15, 0.2) is 0 Å². The van der Waals surface area contributed by atoms with Crippen molar-refractivity contribution in [1.29, 1.82) is 0 Å². The van der Waals surface area contributed by atoms with Gasteiger partial charge in [-0.2, -0.15) is 0 Å². The number of amides is 2. The van der Waals surface area contributed by atoms with E-state index in [-0.39, 0.29) is 43.4 Å². The van der Waals surface area contributed by atoms with Crippen molar-refractivity contribution < 1.29 is 19.1 Å². The minimum atomic E-state index is -0.337. The Morgan fingerprint density at radius 3 is 2.37 bits per heavy atom. The molecule has 2 amide bonds. The lowest BCUT2D eigenvalue weighted by molar-refractivity contribution is -0.144. The van der Waals surface area contributed by atoms with Gasteiger partial charge in [0.25, 0.3) is 0 Å². The SMILES string of the molecule is CC(=O)NCCCCC(C(=O)NCCC(=O)OCc1ccccc1)N([13CH3])[13CH3]. The minimum Gasteiger partial charge on any atom is -0.461 e. The van der Waals surface area contributed by atoms with Gasteiger partial charge in [0.2, 0.25) is 11.8 Å². The zero-order valence-electron chi connectivity index (χ0n) is 16.5. The van der Waals surface area contributed by atoms with Crippen LogP contribution in [-0.4, -0.2) is 55.9 Å². The van der Waals surface area contributed by atoms with Crippen molar-refractivity contribution in [3.05, 3.63) is 35.9 Å². The first-order valence-electron chi connectivity index (χ1n) is 9.28. The van der Waals surface area contributed by atoms with Crippen molar-refractivity contribution in [2.75, 3.05) is 27.2 Å². The highest BCUT2D eigenvalue weighted by molar-refractivity contribution is 5.82. The van der Waals surface area contributed by atoms with Gasteiger partial charge in [-0.1, -0.05) is 30.3 Å². The average Bonchev–Trinajstić information content (AvgIpc) is 2.63. The van der Waals surface area contributed by atoms with Gasteiger partial charge >= 0.3 is 5.97 Å². The molecule has 7 nitrogen and oxygen atoms in total. The highest BCUT2D eigenvalue weighted by atomic mass is 16.5. The molecule has 27 heavy (non-hydrogen) atoms. The van der Waals surface area contributed by atoms with Gasteiger partial charge in [-0.15, -0.1) is 0 Å². The maximum absolute atomic E-state index is 12.3. The summed E-state index contributed by atoms with van der Waals surface area (Å²) < 4.78 is 5.19. The molecule has 0 spiro atoms. The van der Waals surface area contributed by atoms with E-state index in [0.717, 1.165) is 18.4 Å². The monoisotopic (exact) mass is 379 g/mol. The van der Waals surface area contributed by atoms with E-state index in [1.165, 1.54) is 6.92 Å². The topological polar surface area (TPSA) is 87.7 Å². The standard InChI is InChI=1S/C20H31N3O4/c1-16(24)21-13-8-7-11-18(23(2)3)20(26)22-14-12-19(25)27-15-17-9-5-4-6-10-17/h4-6,9-10,18H,7-8,11-15H2,1-3H3,(H,21,24)(H,22,26)/i2+1,3+1. The summed E-state index contributed by atoms with van der Waals surface area (Å²) >= 11 is 0. The Labute approximate surface area is 161 Å². The number of rotatable bonds is 12. The van der Waals surface area contributed by atoms with Gasteiger partial charge in [0, 0.05) is 20.0 Å². The van der Waals surface area contributed by atoms with Crippen LogP contribution < -0.4 is 10.6 Å². The molecule has 0 saturated heterocycles. The second kappa shape index (κ2) is 12.9. The predicted octanol–water partition coefficient (Wildman–Crippen LogP) is 1.47. The summed E-state index contributed by atoms with van der Waals surface area (Å²) in [4.78, 5) is 36.8. The second-order valence-corrected chi connectivity index (χ2v) is 6.65. The van der Waals surface area contributed by atoms with Crippen molar-refractivity contribution in [1.82, 2.24) is 15.5 Å². The maximum atomic E-state index is 12.3. The van der Waals surface area contributed by atoms with E-state index in [4.69, 9.17) is 4.74 Å². The number of nitrogens with one attached hydrogen (secondary N) is 2. The van der Waals surface area contributed by atoms with Gasteiger partial charge in [-0.05, 0) is 38.9 Å². The average molecular weight is 379 g/mol. The smallest absolute Gasteiger partial charge is 0.307 e.